The first-order valence-corrected chi connectivity index (χ1v) is 4.47. The number of hydrogen-bond donors (Lipinski definition) is 0. The largest absolute Gasteiger partial charge is 1.00 e. The van der Waals surface area contributed by atoms with Gasteiger partial charge in [-0.25, -0.2) is 13.2 Å². The van der Waals surface area contributed by atoms with Gasteiger partial charge in [-0.05, 0) is 16.8 Å². The number of hydrogen-bond acceptors (Lipinski definition) is 0. The van der Waals surface area contributed by atoms with Crippen LogP contribution in [0.5, 0.6) is 0 Å². The van der Waals surface area contributed by atoms with Gasteiger partial charge in [0.05, 0.1) is 5.39 Å². The predicted octanol–water partition coefficient (Wildman–Crippen LogP) is 1.30. The number of fused-ring (bicyclic) bond motifs is 2. The van der Waals surface area contributed by atoms with E-state index >= 15 is 0 Å². The first kappa shape index (κ1) is 13.9. The Bertz CT molecular complexity index is 664. The van der Waals surface area contributed by atoms with Gasteiger partial charge in [0.15, 0.2) is 11.6 Å². The molecule has 4 aromatic carbocycles. The van der Waals surface area contributed by atoms with Gasteiger partial charge in [0.25, 0.3) is 0 Å². The zero-order chi connectivity index (χ0) is 10.6. The molecule has 4 heteroatoms. The van der Waals surface area contributed by atoms with Crippen molar-refractivity contribution in [3.8, 4) is 0 Å². The van der Waals surface area contributed by atoms with Crippen molar-refractivity contribution in [1.82, 2.24) is 0 Å². The summed E-state index contributed by atoms with van der Waals surface area (Å²) in [5, 5.41) is 0.702. The van der Waals surface area contributed by atoms with Crippen molar-refractivity contribution >= 4 is 21.5 Å². The maximum Gasteiger partial charge on any atom is 1.00 e. The molecular weight excluding hydrogens is 220 g/mol. The molecule has 0 radical (unpaired) electrons. The van der Waals surface area contributed by atoms with E-state index in [1.807, 2.05) is 0 Å². The number of rotatable bonds is 0. The van der Waals surface area contributed by atoms with Gasteiger partial charge in [0.1, 0.15) is 5.82 Å². The van der Waals surface area contributed by atoms with Crippen LogP contribution in [0, 0.1) is 24.9 Å². The van der Waals surface area contributed by atoms with Gasteiger partial charge >= 0.3 is 18.9 Å². The van der Waals surface area contributed by atoms with Gasteiger partial charge in [-0.2, -0.15) is 0 Å². The summed E-state index contributed by atoms with van der Waals surface area (Å²) in [5.74, 6) is -2.77. The molecular formula is C13H8F3Li. The Morgan fingerprint density at radius 1 is 0.765 bits per heavy atom. The van der Waals surface area contributed by atoms with Crippen LogP contribution < -0.4 is 18.9 Å². The molecule has 0 heterocycles. The van der Waals surface area contributed by atoms with Gasteiger partial charge < -0.3 is 7.43 Å². The Labute approximate surface area is 109 Å². The molecule has 0 nitrogen and oxygen atoms in total. The SMILES string of the molecule is Fc1c(F)c2c(F)cc1c1ccccc21.[CH3-].[Li+]. The van der Waals surface area contributed by atoms with E-state index in [0.717, 1.165) is 6.07 Å². The minimum absolute atomic E-state index is 0. The topological polar surface area (TPSA) is 0 Å². The molecule has 4 rings (SSSR count). The Balaban J connectivity index is 0.000000722. The molecule has 82 valence electrons. The van der Waals surface area contributed by atoms with Gasteiger partial charge in [-0.1, -0.05) is 24.3 Å². The maximum atomic E-state index is 13.4. The molecule has 0 aliphatic rings. The van der Waals surface area contributed by atoms with Gasteiger partial charge in [0, 0.05) is 5.39 Å². The first-order valence-electron chi connectivity index (χ1n) is 4.47. The zero-order valence-electron chi connectivity index (χ0n) is 9.52. The molecule has 0 N–H and O–H groups in total. The fourth-order valence-electron chi connectivity index (χ4n) is 1.97. The Morgan fingerprint density at radius 2 is 1.35 bits per heavy atom. The monoisotopic (exact) mass is 228 g/mol. The number of halogens is 3. The van der Waals surface area contributed by atoms with E-state index in [1.165, 1.54) is 0 Å². The van der Waals surface area contributed by atoms with E-state index in [4.69, 9.17) is 0 Å². The summed E-state index contributed by atoms with van der Waals surface area (Å²) in [6.45, 7) is 0. The quantitative estimate of drug-likeness (QED) is 0.309. The van der Waals surface area contributed by atoms with Crippen molar-refractivity contribution in [1.29, 1.82) is 0 Å². The van der Waals surface area contributed by atoms with Crippen LogP contribution in [0.2, 0.25) is 0 Å². The summed E-state index contributed by atoms with van der Waals surface area (Å²) in [6, 6.07) is 7.66. The molecule has 4 aromatic rings. The van der Waals surface area contributed by atoms with E-state index in [-0.39, 0.29) is 37.1 Å². The standard InChI is InChI=1S/C12H5F3.CH3.Li/c13-9-5-8-6-3-1-2-4-7(6)10(9)12(15)11(8)14;;/h1-5H;1H3;/q;-1;+1. The average Bonchev–Trinajstić information content (AvgIpc) is 2.24. The van der Waals surface area contributed by atoms with Gasteiger partial charge in [-0.3, -0.25) is 0 Å². The second-order valence-corrected chi connectivity index (χ2v) is 3.45. The van der Waals surface area contributed by atoms with Crippen molar-refractivity contribution in [3.63, 3.8) is 0 Å². The Morgan fingerprint density at radius 3 is 2.00 bits per heavy atom. The van der Waals surface area contributed by atoms with E-state index in [0.29, 0.717) is 10.8 Å². The van der Waals surface area contributed by atoms with Crippen LogP contribution in [0.25, 0.3) is 21.5 Å². The minimum Gasteiger partial charge on any atom is -0.358 e. The van der Waals surface area contributed by atoms with Crippen LogP contribution in [0.15, 0.2) is 30.3 Å². The molecule has 0 saturated carbocycles. The van der Waals surface area contributed by atoms with Crippen LogP contribution in [0.4, 0.5) is 13.2 Å². The molecule has 0 saturated heterocycles. The Hall–Kier alpha value is -1.17. The van der Waals surface area contributed by atoms with Crippen molar-refractivity contribution in [2.45, 2.75) is 0 Å². The van der Waals surface area contributed by atoms with Gasteiger partial charge in [0.2, 0.25) is 0 Å². The second-order valence-electron chi connectivity index (χ2n) is 3.45. The minimum atomic E-state index is -1.09. The normalized spacial score (nSPS) is 10.3. The van der Waals surface area contributed by atoms with E-state index in [2.05, 4.69) is 0 Å². The molecule has 0 aliphatic carbocycles. The Kier molecular flexibility index (Phi) is 3.76. The third kappa shape index (κ3) is 1.71. The summed E-state index contributed by atoms with van der Waals surface area (Å²) < 4.78 is 40.1. The average molecular weight is 228 g/mol. The van der Waals surface area contributed by atoms with Crippen LogP contribution in [-0.4, -0.2) is 0 Å². The summed E-state index contributed by atoms with van der Waals surface area (Å²) in [6.07, 6.45) is 0. The smallest absolute Gasteiger partial charge is 0.358 e. The third-order valence-corrected chi connectivity index (χ3v) is 2.65. The maximum absolute atomic E-state index is 13.4. The first-order chi connectivity index (χ1) is 7.20. The molecule has 0 unspecified atom stereocenters. The summed E-state index contributed by atoms with van der Waals surface area (Å²) >= 11 is 0. The van der Waals surface area contributed by atoms with Crippen molar-refractivity contribution < 1.29 is 32.0 Å². The molecule has 17 heavy (non-hydrogen) atoms. The van der Waals surface area contributed by atoms with E-state index in [9.17, 15) is 13.2 Å². The summed E-state index contributed by atoms with van der Waals surface area (Å²) in [4.78, 5) is 0. The van der Waals surface area contributed by atoms with Crippen LogP contribution in [0.1, 0.15) is 0 Å². The summed E-state index contributed by atoms with van der Waals surface area (Å²) in [5.41, 5.74) is 0. The van der Waals surface area contributed by atoms with Crippen LogP contribution in [0.3, 0.4) is 0 Å². The molecule has 0 amide bonds. The van der Waals surface area contributed by atoms with Crippen LogP contribution >= 0.6 is 0 Å². The summed E-state index contributed by atoms with van der Waals surface area (Å²) in [7, 11) is 0. The van der Waals surface area contributed by atoms with E-state index in [1.54, 1.807) is 24.3 Å². The van der Waals surface area contributed by atoms with E-state index < -0.39 is 17.5 Å². The molecule has 0 atom stereocenters. The molecule has 0 aliphatic heterocycles. The molecule has 2 bridgehead atoms. The second kappa shape index (κ2) is 4.60. The van der Waals surface area contributed by atoms with Crippen molar-refractivity contribution in [2.24, 2.45) is 0 Å². The van der Waals surface area contributed by atoms with Gasteiger partial charge in [-0.15, -0.1) is 0 Å². The molecule has 0 aromatic heterocycles. The predicted molar refractivity (Wildman–Crippen MR) is 58.9 cm³/mol. The third-order valence-electron chi connectivity index (χ3n) is 2.65. The van der Waals surface area contributed by atoms with Crippen molar-refractivity contribution in [2.75, 3.05) is 0 Å². The fraction of sp³-hybridized carbons (Fsp3) is 0. The number of benzene rings is 4. The molecule has 0 fully saturated rings. The zero-order valence-corrected chi connectivity index (χ0v) is 9.52. The van der Waals surface area contributed by atoms with Crippen molar-refractivity contribution in [3.05, 3.63) is 55.2 Å². The molecule has 0 spiro atoms. The van der Waals surface area contributed by atoms with Crippen LogP contribution in [-0.2, 0) is 0 Å². The fourth-order valence-corrected chi connectivity index (χ4v) is 1.97.